The number of hydrogen-bond acceptors (Lipinski definition) is 1. The maximum absolute atomic E-state index is 10.1. The van der Waals surface area contributed by atoms with Gasteiger partial charge in [-0.1, -0.05) is 6.08 Å². The Morgan fingerprint density at radius 2 is 2.22 bits per heavy atom. The lowest BCUT2D eigenvalue weighted by Crippen LogP contribution is -1.76. The number of allylic oxidation sites excluding steroid dienone is 2. The van der Waals surface area contributed by atoms with Gasteiger partial charge in [-0.15, -0.1) is 11.6 Å². The summed E-state index contributed by atoms with van der Waals surface area (Å²) < 4.78 is 0. The zero-order valence-corrected chi connectivity index (χ0v) is 6.45. The molecule has 0 amide bonds. The number of carbonyl (C=O) groups excluding carboxylic acids is 1. The molecule has 0 rings (SSSR count). The standard InChI is InChI=1S/C6H8Cl2O/c7-5-3-1-2-4-6(8)9/h2,4H,1,3,5H2. The molecule has 0 saturated carbocycles. The molecule has 0 aromatic carbocycles. The molecule has 3 heteroatoms. The molecule has 0 saturated heterocycles. The summed E-state index contributed by atoms with van der Waals surface area (Å²) in [4.78, 5) is 10.1. The van der Waals surface area contributed by atoms with Crippen LogP contribution in [0.1, 0.15) is 12.8 Å². The molecule has 0 aliphatic carbocycles. The zero-order valence-electron chi connectivity index (χ0n) is 4.94. The van der Waals surface area contributed by atoms with E-state index in [0.29, 0.717) is 5.88 Å². The van der Waals surface area contributed by atoms with E-state index in [-0.39, 0.29) is 0 Å². The van der Waals surface area contributed by atoms with Crippen LogP contribution in [0.5, 0.6) is 0 Å². The molecular formula is C6H8Cl2O. The quantitative estimate of drug-likeness (QED) is 0.272. The summed E-state index contributed by atoms with van der Waals surface area (Å²) in [6.07, 6.45) is 4.77. The number of alkyl halides is 1. The Hall–Kier alpha value is -0.0100. The van der Waals surface area contributed by atoms with Crippen LogP contribution in [0.15, 0.2) is 12.2 Å². The van der Waals surface area contributed by atoms with Gasteiger partial charge in [-0.2, -0.15) is 0 Å². The van der Waals surface area contributed by atoms with Gasteiger partial charge in [-0.05, 0) is 30.5 Å². The molecule has 9 heavy (non-hydrogen) atoms. The topological polar surface area (TPSA) is 17.1 Å². The van der Waals surface area contributed by atoms with Crippen LogP contribution in [0.2, 0.25) is 0 Å². The second-order valence-corrected chi connectivity index (χ2v) is 2.29. The molecule has 0 unspecified atom stereocenters. The lowest BCUT2D eigenvalue weighted by atomic mass is 10.3. The fourth-order valence-corrected chi connectivity index (χ4v) is 0.614. The third kappa shape index (κ3) is 7.99. The van der Waals surface area contributed by atoms with Crippen LogP contribution in [-0.4, -0.2) is 11.1 Å². The summed E-state index contributed by atoms with van der Waals surface area (Å²) in [6, 6.07) is 0. The van der Waals surface area contributed by atoms with E-state index in [9.17, 15) is 4.79 Å². The van der Waals surface area contributed by atoms with E-state index in [1.54, 1.807) is 6.08 Å². The van der Waals surface area contributed by atoms with Crippen molar-refractivity contribution < 1.29 is 4.79 Å². The molecule has 0 aliphatic heterocycles. The third-order valence-corrected chi connectivity index (χ3v) is 1.15. The van der Waals surface area contributed by atoms with Gasteiger partial charge in [-0.25, -0.2) is 0 Å². The highest BCUT2D eigenvalue weighted by atomic mass is 35.5. The van der Waals surface area contributed by atoms with Crippen LogP contribution < -0.4 is 0 Å². The minimum Gasteiger partial charge on any atom is -0.276 e. The van der Waals surface area contributed by atoms with Gasteiger partial charge in [0.25, 0.3) is 0 Å². The second kappa shape index (κ2) is 6.12. The Labute approximate surface area is 64.6 Å². The van der Waals surface area contributed by atoms with Gasteiger partial charge in [0, 0.05) is 5.88 Å². The maximum Gasteiger partial charge on any atom is 0.244 e. The minimum absolute atomic E-state index is 0.426. The maximum atomic E-state index is 10.1. The molecule has 0 fully saturated rings. The lowest BCUT2D eigenvalue weighted by Gasteiger charge is -1.83. The van der Waals surface area contributed by atoms with Crippen molar-refractivity contribution in [1.29, 1.82) is 0 Å². The molecule has 0 atom stereocenters. The molecule has 0 bridgehead atoms. The fraction of sp³-hybridized carbons (Fsp3) is 0.500. The molecule has 0 heterocycles. The molecule has 0 aromatic rings. The van der Waals surface area contributed by atoms with Crippen LogP contribution in [-0.2, 0) is 4.79 Å². The molecule has 52 valence electrons. The first-order valence-electron chi connectivity index (χ1n) is 2.69. The summed E-state index contributed by atoms with van der Waals surface area (Å²) in [7, 11) is 0. The lowest BCUT2D eigenvalue weighted by molar-refractivity contribution is -0.107. The van der Waals surface area contributed by atoms with Gasteiger partial charge >= 0.3 is 0 Å². The van der Waals surface area contributed by atoms with Crippen molar-refractivity contribution in [3.05, 3.63) is 12.2 Å². The Morgan fingerprint density at radius 1 is 1.56 bits per heavy atom. The van der Waals surface area contributed by atoms with Gasteiger partial charge in [0.15, 0.2) is 0 Å². The van der Waals surface area contributed by atoms with E-state index >= 15 is 0 Å². The molecule has 0 aromatic heterocycles. The summed E-state index contributed by atoms with van der Waals surface area (Å²) in [5.74, 6) is 0.626. The summed E-state index contributed by atoms with van der Waals surface area (Å²) in [6.45, 7) is 0. The fourth-order valence-electron chi connectivity index (χ4n) is 0.371. The van der Waals surface area contributed by atoms with Crippen molar-refractivity contribution in [1.82, 2.24) is 0 Å². The Bertz CT molecular complexity index is 110. The average Bonchev–Trinajstić information content (AvgIpc) is 1.80. The van der Waals surface area contributed by atoms with Crippen LogP contribution in [0, 0.1) is 0 Å². The van der Waals surface area contributed by atoms with Crippen molar-refractivity contribution in [2.75, 3.05) is 5.88 Å². The van der Waals surface area contributed by atoms with Gasteiger partial charge in [-0.3, -0.25) is 4.79 Å². The number of carbonyl (C=O) groups is 1. The van der Waals surface area contributed by atoms with Gasteiger partial charge in [0.1, 0.15) is 0 Å². The zero-order chi connectivity index (χ0) is 7.11. The summed E-state index contributed by atoms with van der Waals surface area (Å²) in [5.41, 5.74) is 0. The van der Waals surface area contributed by atoms with Crippen molar-refractivity contribution in [2.45, 2.75) is 12.8 Å². The first-order valence-corrected chi connectivity index (χ1v) is 3.60. The van der Waals surface area contributed by atoms with Crippen molar-refractivity contribution in [3.8, 4) is 0 Å². The first kappa shape index (κ1) is 8.99. The van der Waals surface area contributed by atoms with Crippen molar-refractivity contribution in [3.63, 3.8) is 0 Å². The largest absolute Gasteiger partial charge is 0.276 e. The number of rotatable bonds is 4. The average molecular weight is 167 g/mol. The first-order chi connectivity index (χ1) is 4.27. The van der Waals surface area contributed by atoms with E-state index in [0.717, 1.165) is 12.8 Å². The number of unbranched alkanes of at least 4 members (excludes halogenated alkanes) is 1. The third-order valence-electron chi connectivity index (χ3n) is 0.753. The van der Waals surface area contributed by atoms with E-state index in [2.05, 4.69) is 0 Å². The van der Waals surface area contributed by atoms with Gasteiger partial charge in [0.05, 0.1) is 0 Å². The molecular weight excluding hydrogens is 159 g/mol. The summed E-state index contributed by atoms with van der Waals surface area (Å²) >= 11 is 10.4. The SMILES string of the molecule is O=C(Cl)C=CCCCCl. The van der Waals surface area contributed by atoms with Gasteiger partial charge in [0.2, 0.25) is 5.24 Å². The van der Waals surface area contributed by atoms with Crippen LogP contribution in [0.25, 0.3) is 0 Å². The monoisotopic (exact) mass is 166 g/mol. The number of halogens is 2. The Balaban J connectivity index is 3.15. The molecule has 0 aliphatic rings. The predicted molar refractivity (Wildman–Crippen MR) is 40.0 cm³/mol. The normalized spacial score (nSPS) is 10.4. The molecule has 0 radical (unpaired) electrons. The molecule has 1 nitrogen and oxygen atoms in total. The van der Waals surface area contributed by atoms with Crippen molar-refractivity contribution >= 4 is 28.4 Å². The van der Waals surface area contributed by atoms with Crippen LogP contribution >= 0.6 is 23.2 Å². The van der Waals surface area contributed by atoms with Crippen molar-refractivity contribution in [2.24, 2.45) is 0 Å². The van der Waals surface area contributed by atoms with E-state index in [4.69, 9.17) is 23.2 Å². The predicted octanol–water partition coefficient (Wildman–Crippen LogP) is 2.33. The Kier molecular flexibility index (Phi) is 6.11. The molecule has 0 spiro atoms. The van der Waals surface area contributed by atoms with Gasteiger partial charge < -0.3 is 0 Å². The highest BCUT2D eigenvalue weighted by molar-refractivity contribution is 6.66. The summed E-state index contributed by atoms with van der Waals surface area (Å²) in [5, 5.41) is -0.426. The minimum atomic E-state index is -0.426. The number of hydrogen-bond donors (Lipinski definition) is 0. The second-order valence-electron chi connectivity index (χ2n) is 1.54. The van der Waals surface area contributed by atoms with E-state index < -0.39 is 5.24 Å². The van der Waals surface area contributed by atoms with E-state index in [1.807, 2.05) is 0 Å². The smallest absolute Gasteiger partial charge is 0.244 e. The van der Waals surface area contributed by atoms with Crippen LogP contribution in [0.3, 0.4) is 0 Å². The highest BCUT2D eigenvalue weighted by Crippen LogP contribution is 1.93. The van der Waals surface area contributed by atoms with E-state index in [1.165, 1.54) is 6.08 Å². The molecule has 0 N–H and O–H groups in total. The highest BCUT2D eigenvalue weighted by Gasteiger charge is 1.83. The van der Waals surface area contributed by atoms with Crippen LogP contribution in [0.4, 0.5) is 0 Å². The Morgan fingerprint density at radius 3 is 2.67 bits per heavy atom.